The molecule has 2 atom stereocenters. The molecule has 0 saturated heterocycles. The van der Waals surface area contributed by atoms with E-state index in [1.54, 1.807) is 24.3 Å². The maximum absolute atomic E-state index is 12.6. The van der Waals surface area contributed by atoms with Gasteiger partial charge in [0.05, 0.1) is 6.04 Å². The second-order valence-electron chi connectivity index (χ2n) is 6.67. The van der Waals surface area contributed by atoms with Crippen LogP contribution in [0.25, 0.3) is 0 Å². The van der Waals surface area contributed by atoms with Gasteiger partial charge in [-0.3, -0.25) is 9.59 Å². The van der Waals surface area contributed by atoms with Crippen LogP contribution in [0.3, 0.4) is 0 Å². The van der Waals surface area contributed by atoms with Crippen LogP contribution in [0.5, 0.6) is 5.75 Å². The Bertz CT molecular complexity index is 748. The van der Waals surface area contributed by atoms with Gasteiger partial charge in [-0.1, -0.05) is 55.8 Å². The number of carbonyl (C=O) groups is 2. The van der Waals surface area contributed by atoms with E-state index in [4.69, 9.17) is 16.3 Å². The minimum absolute atomic E-state index is 0.0625. The van der Waals surface area contributed by atoms with Gasteiger partial charge < -0.3 is 15.4 Å². The lowest BCUT2D eigenvalue weighted by Crippen LogP contribution is -2.51. The molecule has 2 aromatic rings. The first-order valence-electron chi connectivity index (χ1n) is 8.90. The summed E-state index contributed by atoms with van der Waals surface area (Å²) in [6, 6.07) is 15.6. The van der Waals surface area contributed by atoms with E-state index in [2.05, 4.69) is 10.6 Å². The van der Waals surface area contributed by atoms with E-state index in [-0.39, 0.29) is 30.4 Å². The topological polar surface area (TPSA) is 67.4 Å². The molecular weight excluding hydrogens is 364 g/mol. The molecule has 2 N–H and O–H groups in total. The van der Waals surface area contributed by atoms with Crippen LogP contribution in [-0.2, 0) is 9.59 Å². The van der Waals surface area contributed by atoms with Gasteiger partial charge in [0.15, 0.2) is 6.61 Å². The summed E-state index contributed by atoms with van der Waals surface area (Å²) in [6.07, 6.45) is 0. The molecule has 0 bridgehead atoms. The van der Waals surface area contributed by atoms with E-state index in [9.17, 15) is 9.59 Å². The first-order valence-corrected chi connectivity index (χ1v) is 9.27. The number of hydrogen-bond acceptors (Lipinski definition) is 3. The van der Waals surface area contributed by atoms with Gasteiger partial charge in [0, 0.05) is 5.02 Å². The summed E-state index contributed by atoms with van der Waals surface area (Å²) in [7, 11) is 0. The van der Waals surface area contributed by atoms with Gasteiger partial charge in [-0.05, 0) is 42.7 Å². The van der Waals surface area contributed by atoms with Gasteiger partial charge in [0.25, 0.3) is 5.91 Å². The van der Waals surface area contributed by atoms with E-state index in [0.717, 1.165) is 5.56 Å². The summed E-state index contributed by atoms with van der Waals surface area (Å²) < 4.78 is 5.43. The highest BCUT2D eigenvalue weighted by atomic mass is 35.5. The number of hydrogen-bond donors (Lipinski definition) is 2. The van der Waals surface area contributed by atoms with Gasteiger partial charge >= 0.3 is 0 Å². The molecule has 2 amide bonds. The van der Waals surface area contributed by atoms with E-state index in [1.807, 2.05) is 51.1 Å². The molecule has 0 saturated carbocycles. The molecule has 0 aliphatic rings. The summed E-state index contributed by atoms with van der Waals surface area (Å²) in [5.74, 6) is -0.0994. The predicted molar refractivity (Wildman–Crippen MR) is 107 cm³/mol. The smallest absolute Gasteiger partial charge is 0.258 e. The highest BCUT2D eigenvalue weighted by molar-refractivity contribution is 6.30. The summed E-state index contributed by atoms with van der Waals surface area (Å²) >= 11 is 5.82. The number of benzene rings is 2. The third kappa shape index (κ3) is 6.61. The minimum Gasteiger partial charge on any atom is -0.484 e. The molecule has 5 nitrogen and oxygen atoms in total. The van der Waals surface area contributed by atoms with Crippen molar-refractivity contribution in [2.24, 2.45) is 5.92 Å². The molecule has 2 rings (SSSR count). The Morgan fingerprint density at radius 3 is 2.19 bits per heavy atom. The number of carbonyl (C=O) groups excluding carboxylic acids is 2. The van der Waals surface area contributed by atoms with Crippen LogP contribution in [0, 0.1) is 5.92 Å². The van der Waals surface area contributed by atoms with Crippen molar-refractivity contribution < 1.29 is 14.3 Å². The molecule has 6 heteroatoms. The fraction of sp³-hybridized carbons (Fsp3) is 0.333. The highest BCUT2D eigenvalue weighted by Gasteiger charge is 2.25. The Labute approximate surface area is 165 Å². The maximum atomic E-state index is 12.6. The number of halogens is 1. The van der Waals surface area contributed by atoms with E-state index in [0.29, 0.717) is 10.8 Å². The van der Waals surface area contributed by atoms with Crippen LogP contribution < -0.4 is 15.4 Å². The van der Waals surface area contributed by atoms with E-state index < -0.39 is 6.04 Å². The molecule has 0 aliphatic carbocycles. The average Bonchev–Trinajstić information content (AvgIpc) is 2.66. The van der Waals surface area contributed by atoms with Crippen LogP contribution >= 0.6 is 11.6 Å². The zero-order valence-corrected chi connectivity index (χ0v) is 16.5. The Morgan fingerprint density at radius 2 is 1.59 bits per heavy atom. The Morgan fingerprint density at radius 1 is 0.963 bits per heavy atom. The zero-order valence-electron chi connectivity index (χ0n) is 15.7. The van der Waals surface area contributed by atoms with Crippen molar-refractivity contribution in [2.45, 2.75) is 32.9 Å². The van der Waals surface area contributed by atoms with Crippen LogP contribution in [0.4, 0.5) is 0 Å². The summed E-state index contributed by atoms with van der Waals surface area (Å²) in [6.45, 7) is 5.51. The van der Waals surface area contributed by atoms with Gasteiger partial charge in [-0.15, -0.1) is 0 Å². The molecular formula is C21H25ClN2O3. The molecule has 144 valence electrons. The number of ether oxygens (including phenoxy) is 1. The lowest BCUT2D eigenvalue weighted by atomic mass is 10.0. The van der Waals surface area contributed by atoms with Gasteiger partial charge in [-0.25, -0.2) is 0 Å². The lowest BCUT2D eigenvalue weighted by molar-refractivity contribution is -0.131. The lowest BCUT2D eigenvalue weighted by Gasteiger charge is -2.24. The zero-order chi connectivity index (χ0) is 19.8. The Balaban J connectivity index is 1.90. The molecule has 0 fully saturated rings. The molecule has 2 unspecified atom stereocenters. The third-order valence-corrected chi connectivity index (χ3v) is 4.36. The van der Waals surface area contributed by atoms with Crippen molar-refractivity contribution in [3.63, 3.8) is 0 Å². The van der Waals surface area contributed by atoms with Crippen molar-refractivity contribution in [3.8, 4) is 5.75 Å². The third-order valence-electron chi connectivity index (χ3n) is 4.11. The maximum Gasteiger partial charge on any atom is 0.258 e. The van der Waals surface area contributed by atoms with Crippen molar-refractivity contribution in [1.29, 1.82) is 0 Å². The second kappa shape index (κ2) is 9.97. The number of amides is 2. The largest absolute Gasteiger partial charge is 0.484 e. The van der Waals surface area contributed by atoms with Crippen molar-refractivity contribution >= 4 is 23.4 Å². The fourth-order valence-corrected chi connectivity index (χ4v) is 2.68. The van der Waals surface area contributed by atoms with Gasteiger partial charge in [-0.2, -0.15) is 0 Å². The molecule has 27 heavy (non-hydrogen) atoms. The molecule has 0 aromatic heterocycles. The Hall–Kier alpha value is -2.53. The molecule has 0 spiro atoms. The summed E-state index contributed by atoms with van der Waals surface area (Å²) in [5, 5.41) is 6.30. The SMILES string of the molecule is CC(NC(=O)C(NC(=O)COc1ccc(Cl)cc1)C(C)C)c1ccccc1. The van der Waals surface area contributed by atoms with Crippen LogP contribution in [0.15, 0.2) is 54.6 Å². The molecule has 0 aliphatic heterocycles. The van der Waals surface area contributed by atoms with Crippen molar-refractivity contribution in [3.05, 3.63) is 65.2 Å². The first kappa shape index (κ1) is 20.8. The minimum atomic E-state index is -0.641. The molecule has 0 heterocycles. The monoisotopic (exact) mass is 388 g/mol. The van der Waals surface area contributed by atoms with Crippen LogP contribution in [0.1, 0.15) is 32.4 Å². The second-order valence-corrected chi connectivity index (χ2v) is 7.11. The predicted octanol–water partition coefficient (Wildman–Crippen LogP) is 3.74. The quantitative estimate of drug-likeness (QED) is 0.723. The van der Waals surface area contributed by atoms with Gasteiger partial charge in [0.2, 0.25) is 5.91 Å². The fourth-order valence-electron chi connectivity index (χ4n) is 2.56. The standard InChI is InChI=1S/C21H25ClN2O3/c1-14(2)20(21(26)23-15(3)16-7-5-4-6-8-16)24-19(25)13-27-18-11-9-17(22)10-12-18/h4-12,14-15,20H,13H2,1-3H3,(H,23,26)(H,24,25). The number of rotatable bonds is 8. The molecule has 2 aromatic carbocycles. The first-order chi connectivity index (χ1) is 12.9. The van der Waals surface area contributed by atoms with Gasteiger partial charge in [0.1, 0.15) is 11.8 Å². The van der Waals surface area contributed by atoms with E-state index >= 15 is 0 Å². The van der Waals surface area contributed by atoms with Crippen LogP contribution in [0.2, 0.25) is 5.02 Å². The summed E-state index contributed by atoms with van der Waals surface area (Å²) in [5.41, 5.74) is 1.01. The van der Waals surface area contributed by atoms with Crippen molar-refractivity contribution in [2.75, 3.05) is 6.61 Å². The highest BCUT2D eigenvalue weighted by Crippen LogP contribution is 2.15. The van der Waals surface area contributed by atoms with E-state index in [1.165, 1.54) is 0 Å². The number of nitrogens with one attached hydrogen (secondary N) is 2. The summed E-state index contributed by atoms with van der Waals surface area (Å²) in [4.78, 5) is 24.9. The van der Waals surface area contributed by atoms with Crippen molar-refractivity contribution in [1.82, 2.24) is 10.6 Å². The van der Waals surface area contributed by atoms with Crippen LogP contribution in [-0.4, -0.2) is 24.5 Å². The molecule has 0 radical (unpaired) electrons. The average molecular weight is 389 g/mol. The Kier molecular flexibility index (Phi) is 7.67. The normalized spacial score (nSPS) is 12.9.